The van der Waals surface area contributed by atoms with Gasteiger partial charge in [0.1, 0.15) is 12.3 Å². The zero-order valence-corrected chi connectivity index (χ0v) is 18.7. The van der Waals surface area contributed by atoms with Gasteiger partial charge in [-0.25, -0.2) is 4.79 Å². The third-order valence-corrected chi connectivity index (χ3v) is 5.99. The topological polar surface area (TPSA) is 113 Å². The normalized spacial score (nSPS) is 21.8. The van der Waals surface area contributed by atoms with Crippen molar-refractivity contribution in [2.75, 3.05) is 6.54 Å². The SMILES string of the molecule is CCc1cn([C@@H]2CC(O)[C@H](CNC(=O)[C@@H](C)Cc3ccc(Cl)cc3Cl)O2)c(=O)[nH]c1=O. The Balaban J connectivity index is 1.59. The fourth-order valence-electron chi connectivity index (χ4n) is 3.55. The highest BCUT2D eigenvalue weighted by atomic mass is 35.5. The first kappa shape index (κ1) is 23.5. The number of hydrogen-bond donors (Lipinski definition) is 3. The number of aliphatic hydroxyl groups excluding tert-OH is 1. The molecule has 8 nitrogen and oxygen atoms in total. The van der Waals surface area contributed by atoms with Crippen LogP contribution in [0.2, 0.25) is 10.0 Å². The maximum absolute atomic E-state index is 12.5. The minimum Gasteiger partial charge on any atom is -0.390 e. The van der Waals surface area contributed by atoms with Crippen LogP contribution in [-0.2, 0) is 22.4 Å². The fourth-order valence-corrected chi connectivity index (χ4v) is 4.03. The van der Waals surface area contributed by atoms with E-state index in [1.165, 1.54) is 10.8 Å². The van der Waals surface area contributed by atoms with E-state index in [4.69, 9.17) is 27.9 Å². The number of nitrogens with zero attached hydrogens (tertiary/aromatic N) is 1. The van der Waals surface area contributed by atoms with Crippen LogP contribution in [0.1, 0.15) is 37.6 Å². The molecule has 4 atom stereocenters. The lowest BCUT2D eigenvalue weighted by Gasteiger charge is -2.19. The molecule has 1 aromatic heterocycles. The van der Waals surface area contributed by atoms with Gasteiger partial charge in [-0.2, -0.15) is 0 Å². The molecule has 1 unspecified atom stereocenters. The van der Waals surface area contributed by atoms with E-state index in [0.717, 1.165) is 5.56 Å². The van der Waals surface area contributed by atoms with E-state index in [1.807, 2.05) is 0 Å². The van der Waals surface area contributed by atoms with Gasteiger partial charge < -0.3 is 15.2 Å². The molecule has 2 aromatic rings. The molecule has 1 aromatic carbocycles. The molecule has 0 radical (unpaired) electrons. The third kappa shape index (κ3) is 5.57. The maximum atomic E-state index is 12.5. The second-order valence-electron chi connectivity index (χ2n) is 7.69. The smallest absolute Gasteiger partial charge is 0.330 e. The van der Waals surface area contributed by atoms with Crippen molar-refractivity contribution in [3.63, 3.8) is 0 Å². The monoisotopic (exact) mass is 469 g/mol. The zero-order chi connectivity index (χ0) is 22.7. The van der Waals surface area contributed by atoms with Crippen LogP contribution in [0.3, 0.4) is 0 Å². The Bertz CT molecular complexity index is 1070. The van der Waals surface area contributed by atoms with Crippen LogP contribution in [-0.4, -0.2) is 39.3 Å². The van der Waals surface area contributed by atoms with Crippen LogP contribution >= 0.6 is 23.2 Å². The molecule has 1 aliphatic rings. The van der Waals surface area contributed by atoms with Crippen molar-refractivity contribution < 1.29 is 14.6 Å². The molecule has 2 heterocycles. The van der Waals surface area contributed by atoms with E-state index in [-0.39, 0.29) is 24.8 Å². The molecule has 3 rings (SSSR count). The number of aromatic amines is 1. The standard InChI is InChI=1S/C21H25Cl2N3O5/c1-3-12-10-26(21(30)25-20(12)29)18-8-16(27)17(31-18)9-24-19(28)11(2)6-13-4-5-14(22)7-15(13)23/h4-5,7,10-11,16-18,27H,3,6,8-9H2,1-2H3,(H,24,28)(H,25,29,30)/t11-,16?,17-,18-/m0/s1. The number of carbonyl (C=O) groups is 1. The van der Waals surface area contributed by atoms with Crippen molar-refractivity contribution >= 4 is 29.1 Å². The van der Waals surface area contributed by atoms with Crippen LogP contribution < -0.4 is 16.6 Å². The maximum Gasteiger partial charge on any atom is 0.330 e. The van der Waals surface area contributed by atoms with E-state index in [9.17, 15) is 19.5 Å². The molecule has 1 aliphatic heterocycles. The molecule has 1 fully saturated rings. The molecule has 1 saturated heterocycles. The first-order valence-corrected chi connectivity index (χ1v) is 10.8. The number of aryl methyl sites for hydroxylation is 1. The van der Waals surface area contributed by atoms with Crippen LogP contribution in [0.25, 0.3) is 0 Å². The van der Waals surface area contributed by atoms with Gasteiger partial charge in [0.15, 0.2) is 0 Å². The van der Waals surface area contributed by atoms with E-state index in [1.54, 1.807) is 32.0 Å². The largest absolute Gasteiger partial charge is 0.390 e. The predicted octanol–water partition coefficient (Wildman–Crippen LogP) is 2.05. The molecule has 0 aliphatic carbocycles. The summed E-state index contributed by atoms with van der Waals surface area (Å²) in [7, 11) is 0. The van der Waals surface area contributed by atoms with Gasteiger partial charge in [0.25, 0.3) is 5.56 Å². The Hall–Kier alpha value is -2.13. The summed E-state index contributed by atoms with van der Waals surface area (Å²) in [6, 6.07) is 5.14. The van der Waals surface area contributed by atoms with Crippen LogP contribution in [0, 0.1) is 5.92 Å². The summed E-state index contributed by atoms with van der Waals surface area (Å²) in [5.41, 5.74) is 0.234. The van der Waals surface area contributed by atoms with Gasteiger partial charge in [0.2, 0.25) is 5.91 Å². The molecular weight excluding hydrogens is 445 g/mol. The number of aliphatic hydroxyl groups is 1. The number of carbonyl (C=O) groups excluding carboxylic acids is 1. The number of rotatable bonds is 7. The average molecular weight is 470 g/mol. The van der Waals surface area contributed by atoms with Crippen molar-refractivity contribution in [3.8, 4) is 0 Å². The highest BCUT2D eigenvalue weighted by Crippen LogP contribution is 2.27. The Labute approximate surface area is 189 Å². The Morgan fingerprint density at radius 1 is 1.35 bits per heavy atom. The number of benzene rings is 1. The lowest BCUT2D eigenvalue weighted by molar-refractivity contribution is -0.125. The first-order chi connectivity index (χ1) is 14.7. The van der Waals surface area contributed by atoms with E-state index in [2.05, 4.69) is 10.3 Å². The Morgan fingerprint density at radius 2 is 2.10 bits per heavy atom. The predicted molar refractivity (Wildman–Crippen MR) is 118 cm³/mol. The molecule has 10 heteroatoms. The molecule has 1 amide bonds. The first-order valence-electron chi connectivity index (χ1n) is 10.1. The van der Waals surface area contributed by atoms with Crippen molar-refractivity contribution in [1.29, 1.82) is 0 Å². The highest BCUT2D eigenvalue weighted by molar-refractivity contribution is 6.35. The molecule has 168 valence electrons. The van der Waals surface area contributed by atoms with Gasteiger partial charge in [0, 0.05) is 40.7 Å². The zero-order valence-electron chi connectivity index (χ0n) is 17.2. The third-order valence-electron chi connectivity index (χ3n) is 5.40. The summed E-state index contributed by atoms with van der Waals surface area (Å²) in [6.45, 7) is 3.68. The summed E-state index contributed by atoms with van der Waals surface area (Å²) in [5, 5.41) is 14.2. The van der Waals surface area contributed by atoms with Crippen molar-refractivity contribution in [3.05, 3.63) is 66.4 Å². The Morgan fingerprint density at radius 3 is 2.77 bits per heavy atom. The molecule has 3 N–H and O–H groups in total. The quantitative estimate of drug-likeness (QED) is 0.574. The van der Waals surface area contributed by atoms with E-state index >= 15 is 0 Å². The fraction of sp³-hybridized carbons (Fsp3) is 0.476. The highest BCUT2D eigenvalue weighted by Gasteiger charge is 2.36. The van der Waals surface area contributed by atoms with Gasteiger partial charge in [0.05, 0.1) is 6.10 Å². The second kappa shape index (κ2) is 9.99. The van der Waals surface area contributed by atoms with Gasteiger partial charge in [-0.15, -0.1) is 0 Å². The minimum atomic E-state index is -0.866. The molecule has 0 bridgehead atoms. The van der Waals surface area contributed by atoms with E-state index in [0.29, 0.717) is 28.5 Å². The summed E-state index contributed by atoms with van der Waals surface area (Å²) >= 11 is 12.1. The van der Waals surface area contributed by atoms with Crippen molar-refractivity contribution in [2.24, 2.45) is 5.92 Å². The van der Waals surface area contributed by atoms with Gasteiger partial charge in [-0.05, 0) is 30.5 Å². The van der Waals surface area contributed by atoms with Crippen molar-refractivity contribution in [2.45, 2.75) is 51.5 Å². The lowest BCUT2D eigenvalue weighted by Crippen LogP contribution is -2.40. The van der Waals surface area contributed by atoms with Crippen LogP contribution in [0.4, 0.5) is 0 Å². The number of nitrogens with one attached hydrogen (secondary N) is 2. The number of halogens is 2. The molecule has 31 heavy (non-hydrogen) atoms. The number of ether oxygens (including phenoxy) is 1. The van der Waals surface area contributed by atoms with Crippen LogP contribution in [0.5, 0.6) is 0 Å². The number of amides is 1. The summed E-state index contributed by atoms with van der Waals surface area (Å²) < 4.78 is 7.08. The lowest BCUT2D eigenvalue weighted by atomic mass is 10.00. The molecule has 0 spiro atoms. The van der Waals surface area contributed by atoms with Gasteiger partial charge in [-0.1, -0.05) is 43.1 Å². The molecular formula is C21H25Cl2N3O5. The van der Waals surface area contributed by atoms with E-state index < -0.39 is 29.7 Å². The number of aromatic nitrogens is 2. The minimum absolute atomic E-state index is 0.0912. The number of hydrogen-bond acceptors (Lipinski definition) is 5. The van der Waals surface area contributed by atoms with Crippen molar-refractivity contribution in [1.82, 2.24) is 14.9 Å². The summed E-state index contributed by atoms with van der Waals surface area (Å²) in [6.07, 6.45) is 0.254. The number of H-pyrrole nitrogens is 1. The van der Waals surface area contributed by atoms with Gasteiger partial charge >= 0.3 is 5.69 Å². The average Bonchev–Trinajstić information content (AvgIpc) is 3.08. The Kier molecular flexibility index (Phi) is 7.59. The summed E-state index contributed by atoms with van der Waals surface area (Å²) in [4.78, 5) is 38.7. The second-order valence-corrected chi connectivity index (χ2v) is 8.54. The van der Waals surface area contributed by atoms with Gasteiger partial charge in [-0.3, -0.25) is 19.1 Å². The summed E-state index contributed by atoms with van der Waals surface area (Å²) in [5.74, 6) is -0.568. The van der Waals surface area contributed by atoms with Crippen LogP contribution in [0.15, 0.2) is 34.0 Å². The molecule has 0 saturated carbocycles.